The van der Waals surface area contributed by atoms with Crippen LogP contribution in [0.3, 0.4) is 0 Å². The van der Waals surface area contributed by atoms with Crippen LogP contribution in [0, 0.1) is 5.92 Å². The molecular formula is C17H26N4O6. The van der Waals surface area contributed by atoms with Crippen molar-refractivity contribution < 1.29 is 28.6 Å². The Kier molecular flexibility index (Phi) is 6.29. The van der Waals surface area contributed by atoms with Gasteiger partial charge in [0.15, 0.2) is 0 Å². The summed E-state index contributed by atoms with van der Waals surface area (Å²) in [6.45, 7) is 5.86. The second-order valence-corrected chi connectivity index (χ2v) is 7.42. The maximum absolute atomic E-state index is 12.0. The number of carbonyl (C=O) groups excluding carboxylic acids is 3. The molecule has 2 N–H and O–H groups in total. The fourth-order valence-corrected chi connectivity index (χ4v) is 2.62. The predicted molar refractivity (Wildman–Crippen MR) is 94.5 cm³/mol. The summed E-state index contributed by atoms with van der Waals surface area (Å²) in [5.41, 5.74) is 5.22. The molecule has 1 aliphatic heterocycles. The lowest BCUT2D eigenvalue weighted by Crippen LogP contribution is -2.35. The molecule has 150 valence electrons. The summed E-state index contributed by atoms with van der Waals surface area (Å²) < 4.78 is 16.5. The van der Waals surface area contributed by atoms with E-state index in [2.05, 4.69) is 5.10 Å². The molecule has 0 radical (unpaired) electrons. The first kappa shape index (κ1) is 20.5. The second-order valence-electron chi connectivity index (χ2n) is 7.42. The van der Waals surface area contributed by atoms with Gasteiger partial charge in [0.1, 0.15) is 17.0 Å². The van der Waals surface area contributed by atoms with Crippen molar-refractivity contribution in [2.75, 3.05) is 25.6 Å². The van der Waals surface area contributed by atoms with Crippen molar-refractivity contribution >= 4 is 23.8 Å². The van der Waals surface area contributed by atoms with Crippen LogP contribution in [-0.2, 0) is 26.1 Å². The average molecular weight is 382 g/mol. The molecule has 1 aromatic rings. The number of nitrogens with two attached hydrogens (primary N) is 1. The number of ether oxygens (including phenoxy) is 3. The van der Waals surface area contributed by atoms with Gasteiger partial charge in [0, 0.05) is 20.1 Å². The highest BCUT2D eigenvalue weighted by Gasteiger charge is 2.31. The number of nitrogen functional groups attached to an aromatic ring is 1. The van der Waals surface area contributed by atoms with Gasteiger partial charge in [-0.3, -0.25) is 9.48 Å². The van der Waals surface area contributed by atoms with Crippen LogP contribution in [0.4, 0.5) is 10.6 Å². The van der Waals surface area contributed by atoms with Crippen LogP contribution in [0.1, 0.15) is 44.0 Å². The number of esters is 2. The third-order valence-electron chi connectivity index (χ3n) is 4.01. The highest BCUT2D eigenvalue weighted by molar-refractivity contribution is 5.93. The van der Waals surface area contributed by atoms with Gasteiger partial charge in [0.25, 0.3) is 0 Å². The number of aromatic nitrogens is 2. The minimum atomic E-state index is -0.717. The fraction of sp³-hybridized carbons (Fsp3) is 0.647. The number of amides is 1. The summed E-state index contributed by atoms with van der Waals surface area (Å²) in [5.74, 6) is -1.07. The maximum atomic E-state index is 12.0. The number of nitrogens with zero attached hydrogens (tertiary/aromatic N) is 3. The first-order valence-corrected chi connectivity index (χ1v) is 8.65. The van der Waals surface area contributed by atoms with E-state index in [1.54, 1.807) is 32.7 Å². The summed E-state index contributed by atoms with van der Waals surface area (Å²) >= 11 is 0. The largest absolute Gasteiger partial charge is 0.444 e. The molecule has 0 unspecified atom stereocenters. The molecule has 10 heteroatoms. The zero-order valence-electron chi connectivity index (χ0n) is 16.1. The highest BCUT2D eigenvalue weighted by Crippen LogP contribution is 2.22. The monoisotopic (exact) mass is 382 g/mol. The summed E-state index contributed by atoms with van der Waals surface area (Å²) in [6.07, 6.45) is 1.71. The van der Waals surface area contributed by atoms with Gasteiger partial charge in [-0.1, -0.05) is 0 Å². The zero-order chi connectivity index (χ0) is 20.2. The average Bonchev–Trinajstić information content (AvgIpc) is 3.13. The van der Waals surface area contributed by atoms with Crippen molar-refractivity contribution in [3.63, 3.8) is 0 Å². The minimum absolute atomic E-state index is 0.0188. The van der Waals surface area contributed by atoms with E-state index in [-0.39, 0.29) is 29.8 Å². The van der Waals surface area contributed by atoms with Crippen molar-refractivity contribution in [3.05, 3.63) is 11.8 Å². The number of aryl methyl sites for hydroxylation is 1. The van der Waals surface area contributed by atoms with Crippen molar-refractivity contribution in [2.45, 2.75) is 39.2 Å². The third-order valence-corrected chi connectivity index (χ3v) is 4.01. The van der Waals surface area contributed by atoms with E-state index in [0.717, 1.165) is 0 Å². The molecule has 27 heavy (non-hydrogen) atoms. The van der Waals surface area contributed by atoms with Crippen LogP contribution >= 0.6 is 0 Å². The molecule has 0 aliphatic carbocycles. The van der Waals surface area contributed by atoms with Gasteiger partial charge in [-0.15, -0.1) is 0 Å². The van der Waals surface area contributed by atoms with Gasteiger partial charge in [0.05, 0.1) is 12.6 Å². The van der Waals surface area contributed by atoms with Crippen LogP contribution in [0.15, 0.2) is 6.20 Å². The smallest absolute Gasteiger partial charge is 0.410 e. The lowest BCUT2D eigenvalue weighted by molar-refractivity contribution is -0.153. The number of hydrogen-bond acceptors (Lipinski definition) is 8. The number of carbonyl (C=O) groups is 3. The molecule has 1 fully saturated rings. The van der Waals surface area contributed by atoms with Crippen molar-refractivity contribution in [1.82, 2.24) is 14.7 Å². The van der Waals surface area contributed by atoms with Crippen molar-refractivity contribution in [2.24, 2.45) is 13.0 Å². The van der Waals surface area contributed by atoms with Gasteiger partial charge >= 0.3 is 18.0 Å². The van der Waals surface area contributed by atoms with E-state index < -0.39 is 24.3 Å². The molecule has 0 saturated carbocycles. The molecule has 1 aromatic heterocycles. The van der Waals surface area contributed by atoms with Crippen LogP contribution < -0.4 is 5.73 Å². The summed E-state index contributed by atoms with van der Waals surface area (Å²) in [7, 11) is 1.59. The number of rotatable bonds is 5. The van der Waals surface area contributed by atoms with E-state index in [1.165, 1.54) is 10.9 Å². The van der Waals surface area contributed by atoms with E-state index in [0.29, 0.717) is 19.5 Å². The van der Waals surface area contributed by atoms with Gasteiger partial charge in [0.2, 0.25) is 6.79 Å². The van der Waals surface area contributed by atoms with Crippen molar-refractivity contribution in [1.29, 1.82) is 0 Å². The van der Waals surface area contributed by atoms with E-state index in [9.17, 15) is 14.4 Å². The Bertz CT molecular complexity index is 709. The van der Waals surface area contributed by atoms with Gasteiger partial charge in [-0.2, -0.15) is 5.10 Å². The lowest BCUT2D eigenvalue weighted by atomic mass is 10.1. The van der Waals surface area contributed by atoms with Crippen LogP contribution in [-0.4, -0.2) is 58.2 Å². The summed E-state index contributed by atoms with van der Waals surface area (Å²) in [4.78, 5) is 37.3. The first-order chi connectivity index (χ1) is 12.6. The zero-order valence-corrected chi connectivity index (χ0v) is 16.1. The summed E-state index contributed by atoms with van der Waals surface area (Å²) in [6, 6.07) is 0. The second kappa shape index (κ2) is 8.28. The van der Waals surface area contributed by atoms with E-state index >= 15 is 0 Å². The Labute approximate surface area is 157 Å². The molecule has 2 rings (SSSR count). The Morgan fingerprint density at radius 3 is 2.59 bits per heavy atom. The van der Waals surface area contributed by atoms with Crippen molar-refractivity contribution in [3.8, 4) is 0 Å². The van der Waals surface area contributed by atoms with Gasteiger partial charge in [-0.05, 0) is 33.1 Å². The van der Waals surface area contributed by atoms with Crippen LogP contribution in [0.25, 0.3) is 0 Å². The van der Waals surface area contributed by atoms with Crippen LogP contribution in [0.2, 0.25) is 0 Å². The molecule has 10 nitrogen and oxygen atoms in total. The minimum Gasteiger partial charge on any atom is -0.444 e. The Morgan fingerprint density at radius 1 is 1.30 bits per heavy atom. The maximum Gasteiger partial charge on any atom is 0.410 e. The molecule has 0 aromatic carbocycles. The van der Waals surface area contributed by atoms with E-state index in [4.69, 9.17) is 19.9 Å². The van der Waals surface area contributed by atoms with Gasteiger partial charge in [-0.25, -0.2) is 9.59 Å². The molecule has 1 aliphatic rings. The Hall–Kier alpha value is -2.78. The summed E-state index contributed by atoms with van der Waals surface area (Å²) in [5, 5.41) is 3.83. The topological polar surface area (TPSA) is 126 Å². The molecule has 1 saturated heterocycles. The molecule has 2 heterocycles. The Balaban J connectivity index is 1.70. The molecule has 0 bridgehead atoms. The van der Waals surface area contributed by atoms with Gasteiger partial charge < -0.3 is 24.8 Å². The fourth-order valence-electron chi connectivity index (χ4n) is 2.62. The molecular weight excluding hydrogens is 356 g/mol. The number of likely N-dealkylation sites (tertiary alicyclic amines) is 1. The highest BCUT2D eigenvalue weighted by atomic mass is 16.7. The van der Waals surface area contributed by atoms with E-state index in [1.807, 2.05) is 0 Å². The molecule has 1 atom stereocenters. The Morgan fingerprint density at radius 2 is 2.00 bits per heavy atom. The normalized spacial score (nSPS) is 16.9. The number of anilines is 1. The first-order valence-electron chi connectivity index (χ1n) is 8.65. The third kappa shape index (κ3) is 5.87. The lowest BCUT2D eigenvalue weighted by Gasteiger charge is -2.24. The predicted octanol–water partition coefficient (Wildman–Crippen LogP) is 1.31. The molecule has 0 spiro atoms. The SMILES string of the molecule is Cn1ncc(C(=O)OCOC(=O)C[C@@H]2CCN(C(=O)OC(C)(C)C)C2)c1N. The molecule has 1 amide bonds. The standard InChI is InChI=1S/C17H26N4O6/c1-17(2,3)27-16(24)21-6-5-11(9-21)7-13(22)25-10-26-15(23)12-8-19-20(4)14(12)18/h8,11H,5-7,9-10,18H2,1-4H3/t11-/m0/s1. The number of hydrogen-bond donors (Lipinski definition) is 1. The van der Waals surface area contributed by atoms with Crippen LogP contribution in [0.5, 0.6) is 0 Å². The quantitative estimate of drug-likeness (QED) is 0.597.